The molecule has 112 valence electrons. The summed E-state index contributed by atoms with van der Waals surface area (Å²) in [5.41, 5.74) is 0.686. The van der Waals surface area contributed by atoms with Crippen molar-refractivity contribution >= 4 is 17.5 Å². The summed E-state index contributed by atoms with van der Waals surface area (Å²) in [7, 11) is 3.11. The molecule has 0 aliphatic rings. The molecule has 0 aromatic heterocycles. The van der Waals surface area contributed by atoms with Gasteiger partial charge in [-0.25, -0.2) is 0 Å². The summed E-state index contributed by atoms with van der Waals surface area (Å²) in [5.74, 6) is 1.52. The van der Waals surface area contributed by atoms with E-state index in [9.17, 15) is 4.79 Å². The fourth-order valence-corrected chi connectivity index (χ4v) is 1.95. The normalized spacial score (nSPS) is 12.1. The molecule has 1 amide bonds. The minimum Gasteiger partial charge on any atom is -0.493 e. The molecule has 1 unspecified atom stereocenters. The molecule has 0 saturated heterocycles. The smallest absolute Gasteiger partial charge is 0.242 e. The first-order valence-electron chi connectivity index (χ1n) is 6.63. The van der Waals surface area contributed by atoms with Gasteiger partial charge in [0.1, 0.15) is 5.38 Å². The summed E-state index contributed by atoms with van der Waals surface area (Å²) < 4.78 is 10.4. The van der Waals surface area contributed by atoms with Crippen LogP contribution in [0.5, 0.6) is 11.5 Å². The van der Waals surface area contributed by atoms with Crippen molar-refractivity contribution in [1.82, 2.24) is 5.32 Å². The summed E-state index contributed by atoms with van der Waals surface area (Å²) in [5, 5.41) is 2.10. The second-order valence-corrected chi connectivity index (χ2v) is 5.39. The number of hydrogen-bond acceptors (Lipinski definition) is 3. The lowest BCUT2D eigenvalue weighted by Gasteiger charge is -2.14. The molecule has 5 heteroatoms. The average molecular weight is 300 g/mol. The number of ether oxygens (including phenoxy) is 2. The highest BCUT2D eigenvalue weighted by atomic mass is 35.5. The van der Waals surface area contributed by atoms with E-state index in [0.29, 0.717) is 29.5 Å². The third-order valence-corrected chi connectivity index (χ3v) is 3.40. The Bertz CT molecular complexity index is 449. The van der Waals surface area contributed by atoms with Gasteiger partial charge in [-0.3, -0.25) is 4.79 Å². The molecule has 0 bridgehead atoms. The van der Waals surface area contributed by atoms with Crippen LogP contribution in [0.4, 0.5) is 0 Å². The number of halogens is 1. The Morgan fingerprint density at radius 3 is 2.45 bits per heavy atom. The molecule has 1 rings (SSSR count). The SMILES string of the molecule is COc1ccc(C(Cl)C(=O)NCCC(C)C)cc1OC. The number of benzene rings is 1. The molecule has 0 aliphatic carbocycles. The first kappa shape index (κ1) is 16.6. The number of carbonyl (C=O) groups excluding carboxylic acids is 1. The van der Waals surface area contributed by atoms with Crippen molar-refractivity contribution in [3.63, 3.8) is 0 Å². The van der Waals surface area contributed by atoms with E-state index in [1.54, 1.807) is 32.4 Å². The first-order chi connectivity index (χ1) is 9.49. The van der Waals surface area contributed by atoms with E-state index in [4.69, 9.17) is 21.1 Å². The van der Waals surface area contributed by atoms with Crippen LogP contribution in [-0.2, 0) is 4.79 Å². The minimum atomic E-state index is -0.734. The van der Waals surface area contributed by atoms with Gasteiger partial charge in [0.05, 0.1) is 14.2 Å². The fourth-order valence-electron chi connectivity index (χ4n) is 1.74. The van der Waals surface area contributed by atoms with Crippen LogP contribution >= 0.6 is 11.6 Å². The lowest BCUT2D eigenvalue weighted by atomic mass is 10.1. The molecule has 0 heterocycles. The van der Waals surface area contributed by atoms with Gasteiger partial charge in [-0.05, 0) is 30.0 Å². The third-order valence-electron chi connectivity index (χ3n) is 2.95. The van der Waals surface area contributed by atoms with Crippen LogP contribution < -0.4 is 14.8 Å². The average Bonchev–Trinajstić information content (AvgIpc) is 2.45. The molecule has 1 N–H and O–H groups in total. The van der Waals surface area contributed by atoms with Crippen LogP contribution in [0.15, 0.2) is 18.2 Å². The molecular weight excluding hydrogens is 278 g/mol. The predicted molar refractivity (Wildman–Crippen MR) is 80.6 cm³/mol. The summed E-state index contributed by atoms with van der Waals surface area (Å²) in [6, 6.07) is 5.23. The summed E-state index contributed by atoms with van der Waals surface area (Å²) >= 11 is 6.19. The second-order valence-electron chi connectivity index (χ2n) is 4.95. The Morgan fingerprint density at radius 2 is 1.90 bits per heavy atom. The Morgan fingerprint density at radius 1 is 1.25 bits per heavy atom. The van der Waals surface area contributed by atoms with Gasteiger partial charge < -0.3 is 14.8 Å². The Hall–Kier alpha value is -1.42. The zero-order valence-electron chi connectivity index (χ0n) is 12.4. The standard InChI is InChI=1S/C15H22ClNO3/c1-10(2)7-8-17-15(18)14(16)11-5-6-12(19-3)13(9-11)20-4/h5-6,9-10,14H,7-8H2,1-4H3,(H,17,18). The van der Waals surface area contributed by atoms with Gasteiger partial charge in [0.15, 0.2) is 11.5 Å². The van der Waals surface area contributed by atoms with E-state index >= 15 is 0 Å². The molecule has 4 nitrogen and oxygen atoms in total. The number of carbonyl (C=O) groups is 1. The number of amides is 1. The summed E-state index contributed by atoms with van der Waals surface area (Å²) in [6.07, 6.45) is 0.932. The highest BCUT2D eigenvalue weighted by Crippen LogP contribution is 2.32. The highest BCUT2D eigenvalue weighted by molar-refractivity contribution is 6.30. The predicted octanol–water partition coefficient (Wildman–Crippen LogP) is 3.15. The van der Waals surface area contributed by atoms with Gasteiger partial charge >= 0.3 is 0 Å². The van der Waals surface area contributed by atoms with E-state index in [1.807, 2.05) is 0 Å². The van der Waals surface area contributed by atoms with Crippen molar-refractivity contribution in [2.45, 2.75) is 25.6 Å². The van der Waals surface area contributed by atoms with Crippen LogP contribution in [0.2, 0.25) is 0 Å². The topological polar surface area (TPSA) is 47.6 Å². The number of methoxy groups -OCH3 is 2. The molecular formula is C15H22ClNO3. The number of hydrogen-bond donors (Lipinski definition) is 1. The summed E-state index contributed by atoms with van der Waals surface area (Å²) in [4.78, 5) is 12.0. The lowest BCUT2D eigenvalue weighted by Crippen LogP contribution is -2.28. The zero-order valence-corrected chi connectivity index (χ0v) is 13.2. The highest BCUT2D eigenvalue weighted by Gasteiger charge is 2.19. The van der Waals surface area contributed by atoms with Gasteiger partial charge in [0.2, 0.25) is 5.91 Å². The van der Waals surface area contributed by atoms with Crippen LogP contribution in [0.3, 0.4) is 0 Å². The van der Waals surface area contributed by atoms with Crippen molar-refractivity contribution in [2.24, 2.45) is 5.92 Å². The maximum absolute atomic E-state index is 12.0. The quantitative estimate of drug-likeness (QED) is 0.787. The van der Waals surface area contributed by atoms with Crippen LogP contribution in [0, 0.1) is 5.92 Å². The molecule has 0 fully saturated rings. The fraction of sp³-hybridized carbons (Fsp3) is 0.533. The van der Waals surface area contributed by atoms with E-state index in [1.165, 1.54) is 0 Å². The third kappa shape index (κ3) is 4.60. The van der Waals surface area contributed by atoms with E-state index in [2.05, 4.69) is 19.2 Å². The number of nitrogens with one attached hydrogen (secondary N) is 1. The van der Waals surface area contributed by atoms with E-state index in [-0.39, 0.29) is 5.91 Å². The zero-order chi connectivity index (χ0) is 15.1. The maximum Gasteiger partial charge on any atom is 0.242 e. The maximum atomic E-state index is 12.0. The molecule has 20 heavy (non-hydrogen) atoms. The van der Waals surface area contributed by atoms with Crippen molar-refractivity contribution < 1.29 is 14.3 Å². The molecule has 1 atom stereocenters. The van der Waals surface area contributed by atoms with Crippen molar-refractivity contribution in [1.29, 1.82) is 0 Å². The van der Waals surface area contributed by atoms with Gasteiger partial charge in [-0.1, -0.05) is 19.9 Å². The molecule has 1 aromatic carbocycles. The molecule has 0 radical (unpaired) electrons. The monoisotopic (exact) mass is 299 g/mol. The van der Waals surface area contributed by atoms with Crippen molar-refractivity contribution in [3.05, 3.63) is 23.8 Å². The van der Waals surface area contributed by atoms with Crippen LogP contribution in [0.25, 0.3) is 0 Å². The van der Waals surface area contributed by atoms with Gasteiger partial charge in [0, 0.05) is 6.54 Å². The minimum absolute atomic E-state index is 0.195. The molecule has 1 aromatic rings. The van der Waals surface area contributed by atoms with E-state index in [0.717, 1.165) is 6.42 Å². The Balaban J connectivity index is 2.71. The molecule has 0 saturated carbocycles. The van der Waals surface area contributed by atoms with Gasteiger partial charge in [-0.2, -0.15) is 0 Å². The second kappa shape index (κ2) is 8.00. The molecule has 0 aliphatic heterocycles. The van der Waals surface area contributed by atoms with Crippen molar-refractivity contribution in [3.8, 4) is 11.5 Å². The number of rotatable bonds is 7. The van der Waals surface area contributed by atoms with Crippen LogP contribution in [-0.4, -0.2) is 26.7 Å². The van der Waals surface area contributed by atoms with E-state index < -0.39 is 5.38 Å². The van der Waals surface area contributed by atoms with Crippen LogP contribution in [0.1, 0.15) is 31.2 Å². The first-order valence-corrected chi connectivity index (χ1v) is 7.07. The van der Waals surface area contributed by atoms with Gasteiger partial charge in [-0.15, -0.1) is 11.6 Å². The Kier molecular flexibility index (Phi) is 6.65. The lowest BCUT2D eigenvalue weighted by molar-refractivity contribution is -0.120. The van der Waals surface area contributed by atoms with Crippen molar-refractivity contribution in [2.75, 3.05) is 20.8 Å². The Labute approximate surface area is 125 Å². The molecule has 0 spiro atoms. The largest absolute Gasteiger partial charge is 0.493 e. The summed E-state index contributed by atoms with van der Waals surface area (Å²) in [6.45, 7) is 4.85. The van der Waals surface area contributed by atoms with Gasteiger partial charge in [0.25, 0.3) is 0 Å². The number of alkyl halides is 1.